The molecule has 1 aromatic heterocycles. The molecule has 12 heteroatoms. The molecule has 0 radical (unpaired) electrons. The van der Waals surface area contributed by atoms with Gasteiger partial charge in [-0.3, -0.25) is 10.1 Å². The molecule has 0 unspecified atom stereocenters. The van der Waals surface area contributed by atoms with Crippen LogP contribution in [0.3, 0.4) is 0 Å². The summed E-state index contributed by atoms with van der Waals surface area (Å²) in [7, 11) is 0. The van der Waals surface area contributed by atoms with E-state index < -0.39 is 44.5 Å². The number of carboxylic acid groups (broad SMARTS) is 1. The molecular weight excluding hydrogens is 293 g/mol. The fraction of sp³-hybridized carbons (Fsp3) is 0. The van der Waals surface area contributed by atoms with E-state index in [1.54, 1.807) is 0 Å². The molecule has 0 amide bonds. The van der Waals surface area contributed by atoms with Crippen molar-refractivity contribution in [3.8, 4) is 5.69 Å². The molecule has 0 bridgehead atoms. The Morgan fingerprint density at radius 3 is 2.43 bits per heavy atom. The molecule has 0 saturated heterocycles. The van der Waals surface area contributed by atoms with Crippen molar-refractivity contribution in [1.29, 1.82) is 0 Å². The molecule has 21 heavy (non-hydrogen) atoms. The van der Waals surface area contributed by atoms with Crippen molar-refractivity contribution in [2.24, 2.45) is 0 Å². The number of aromatic nitrogens is 3. The van der Waals surface area contributed by atoms with Crippen molar-refractivity contribution < 1.29 is 24.1 Å². The lowest BCUT2D eigenvalue weighted by Crippen LogP contribution is -2.07. The molecule has 0 saturated carbocycles. The van der Waals surface area contributed by atoms with Gasteiger partial charge in [-0.05, 0) is 11.0 Å². The van der Waals surface area contributed by atoms with Crippen LogP contribution in [0.15, 0.2) is 18.5 Å². The zero-order valence-electron chi connectivity index (χ0n) is 9.83. The van der Waals surface area contributed by atoms with Crippen LogP contribution in [-0.4, -0.2) is 35.7 Å². The summed E-state index contributed by atoms with van der Waals surface area (Å²) in [5.41, 5.74) is -2.11. The largest absolute Gasteiger partial charge is 0.491 e. The number of nitrogens with zero attached hydrogens (tertiary/aromatic N) is 5. The maximum absolute atomic E-state index is 13.5. The SMILES string of the molecule is O=C(O)c1cc(-n2cnc([N+](=O)[O-])n2)c([N+](=O)[O-])cc1F. The summed E-state index contributed by atoms with van der Waals surface area (Å²) >= 11 is 0. The molecule has 0 spiro atoms. The summed E-state index contributed by atoms with van der Waals surface area (Å²) in [6, 6.07) is 1.04. The normalized spacial score (nSPS) is 10.3. The Morgan fingerprint density at radius 2 is 1.95 bits per heavy atom. The summed E-state index contributed by atoms with van der Waals surface area (Å²) in [5.74, 6) is -3.81. The first-order chi connectivity index (χ1) is 9.81. The van der Waals surface area contributed by atoms with Crippen molar-refractivity contribution >= 4 is 17.6 Å². The first kappa shape index (κ1) is 14.0. The molecule has 0 fully saturated rings. The summed E-state index contributed by atoms with van der Waals surface area (Å²) in [6.07, 6.45) is 0.782. The van der Waals surface area contributed by atoms with Gasteiger partial charge in [-0.1, -0.05) is 4.98 Å². The molecule has 2 rings (SSSR count). The number of carbonyl (C=O) groups is 1. The molecule has 0 aliphatic rings. The van der Waals surface area contributed by atoms with E-state index in [0.717, 1.165) is 6.33 Å². The van der Waals surface area contributed by atoms with E-state index in [4.69, 9.17) is 5.11 Å². The fourth-order valence-corrected chi connectivity index (χ4v) is 1.50. The second kappa shape index (κ2) is 4.92. The Kier molecular flexibility index (Phi) is 3.27. The van der Waals surface area contributed by atoms with Gasteiger partial charge in [0.2, 0.25) is 6.33 Å². The van der Waals surface area contributed by atoms with Crippen molar-refractivity contribution in [1.82, 2.24) is 14.8 Å². The summed E-state index contributed by atoms with van der Waals surface area (Å²) in [4.78, 5) is 33.5. The second-order valence-electron chi connectivity index (χ2n) is 3.63. The summed E-state index contributed by atoms with van der Waals surface area (Å²) in [6.45, 7) is 0. The first-order valence-corrected chi connectivity index (χ1v) is 5.09. The van der Waals surface area contributed by atoms with Crippen LogP contribution in [0.25, 0.3) is 5.69 Å². The molecule has 0 aliphatic heterocycles. The molecule has 108 valence electrons. The number of rotatable bonds is 4. The van der Waals surface area contributed by atoms with E-state index in [9.17, 15) is 29.4 Å². The number of benzene rings is 1. The monoisotopic (exact) mass is 297 g/mol. The predicted octanol–water partition coefficient (Wildman–Crippen LogP) is 0.921. The number of nitro benzene ring substituents is 1. The molecule has 2 aromatic rings. The van der Waals surface area contributed by atoms with Gasteiger partial charge >= 0.3 is 11.9 Å². The smallest absolute Gasteiger partial charge is 0.478 e. The minimum absolute atomic E-state index is 0.395. The number of carboxylic acids is 1. The van der Waals surface area contributed by atoms with Gasteiger partial charge in [0.25, 0.3) is 5.69 Å². The highest BCUT2D eigenvalue weighted by molar-refractivity contribution is 5.89. The van der Waals surface area contributed by atoms with Crippen molar-refractivity contribution in [3.05, 3.63) is 50.1 Å². The van der Waals surface area contributed by atoms with E-state index in [2.05, 4.69) is 10.1 Å². The topological polar surface area (TPSA) is 154 Å². The molecular formula is C9H4FN5O6. The third-order valence-corrected chi connectivity index (χ3v) is 2.38. The van der Waals surface area contributed by atoms with Crippen LogP contribution >= 0.6 is 0 Å². The zero-order chi connectivity index (χ0) is 15.7. The molecule has 1 N–H and O–H groups in total. The number of hydrogen-bond donors (Lipinski definition) is 1. The van der Waals surface area contributed by atoms with Gasteiger partial charge in [-0.2, -0.15) is 0 Å². The van der Waals surface area contributed by atoms with Gasteiger partial charge in [0, 0.05) is 5.10 Å². The van der Waals surface area contributed by atoms with Crippen LogP contribution in [-0.2, 0) is 0 Å². The Hall–Kier alpha value is -3.44. The zero-order valence-corrected chi connectivity index (χ0v) is 9.83. The predicted molar refractivity (Wildman–Crippen MR) is 61.6 cm³/mol. The molecule has 0 aliphatic carbocycles. The van der Waals surface area contributed by atoms with E-state index >= 15 is 0 Å². The Morgan fingerprint density at radius 1 is 1.29 bits per heavy atom. The highest BCUT2D eigenvalue weighted by Gasteiger charge is 2.26. The standard InChI is InChI=1S/C9H4FN5O6/c10-5-2-7(14(18)19)6(1-4(5)8(16)17)13-3-11-9(12-13)15(20)21/h1-3H,(H,16,17). The van der Waals surface area contributed by atoms with Crippen molar-refractivity contribution in [2.45, 2.75) is 0 Å². The van der Waals surface area contributed by atoms with Gasteiger partial charge in [0.15, 0.2) is 5.69 Å². The highest BCUT2D eigenvalue weighted by Crippen LogP contribution is 2.26. The van der Waals surface area contributed by atoms with Gasteiger partial charge < -0.3 is 15.2 Å². The van der Waals surface area contributed by atoms with E-state index in [1.165, 1.54) is 0 Å². The minimum atomic E-state index is -1.65. The third-order valence-electron chi connectivity index (χ3n) is 2.38. The van der Waals surface area contributed by atoms with Crippen molar-refractivity contribution in [3.63, 3.8) is 0 Å². The molecule has 1 heterocycles. The lowest BCUT2D eigenvalue weighted by Gasteiger charge is -2.02. The van der Waals surface area contributed by atoms with Crippen molar-refractivity contribution in [2.75, 3.05) is 0 Å². The van der Waals surface area contributed by atoms with Crippen LogP contribution in [0.1, 0.15) is 10.4 Å². The summed E-state index contributed by atoms with van der Waals surface area (Å²) in [5, 5.41) is 33.5. The Balaban J connectivity index is 2.69. The lowest BCUT2D eigenvalue weighted by atomic mass is 10.1. The second-order valence-corrected chi connectivity index (χ2v) is 3.63. The Bertz CT molecular complexity index is 772. The highest BCUT2D eigenvalue weighted by atomic mass is 19.1. The lowest BCUT2D eigenvalue weighted by molar-refractivity contribution is -0.394. The molecule has 11 nitrogen and oxygen atoms in total. The van der Waals surface area contributed by atoms with E-state index in [-0.39, 0.29) is 0 Å². The number of nitro groups is 2. The molecule has 0 atom stereocenters. The summed E-state index contributed by atoms with van der Waals surface area (Å²) < 4.78 is 14.1. The third kappa shape index (κ3) is 2.49. The van der Waals surface area contributed by atoms with Gasteiger partial charge in [0.05, 0.1) is 16.6 Å². The van der Waals surface area contributed by atoms with Gasteiger partial charge in [0.1, 0.15) is 5.82 Å². The van der Waals surface area contributed by atoms with Gasteiger partial charge in [-0.25, -0.2) is 9.18 Å². The van der Waals surface area contributed by atoms with Crippen LogP contribution in [0, 0.1) is 26.0 Å². The van der Waals surface area contributed by atoms with Crippen LogP contribution in [0.5, 0.6) is 0 Å². The number of hydrogen-bond acceptors (Lipinski definition) is 7. The number of aromatic carboxylic acids is 1. The van der Waals surface area contributed by atoms with Crippen LogP contribution < -0.4 is 0 Å². The quantitative estimate of drug-likeness (QED) is 0.645. The number of halogens is 1. The van der Waals surface area contributed by atoms with Gasteiger partial charge in [-0.15, -0.1) is 4.68 Å². The average molecular weight is 297 g/mol. The maximum atomic E-state index is 13.5. The van der Waals surface area contributed by atoms with Crippen LogP contribution in [0.4, 0.5) is 16.0 Å². The molecule has 1 aromatic carbocycles. The van der Waals surface area contributed by atoms with E-state index in [0.29, 0.717) is 16.8 Å². The minimum Gasteiger partial charge on any atom is -0.478 e. The first-order valence-electron chi connectivity index (χ1n) is 5.09. The Labute approximate surface area is 113 Å². The average Bonchev–Trinajstić information content (AvgIpc) is 2.87. The fourth-order valence-electron chi connectivity index (χ4n) is 1.50. The van der Waals surface area contributed by atoms with E-state index in [1.807, 2.05) is 0 Å². The van der Waals surface area contributed by atoms with Crippen LogP contribution in [0.2, 0.25) is 0 Å². The maximum Gasteiger partial charge on any atom is 0.491 e.